The van der Waals surface area contributed by atoms with Crippen LogP contribution in [0.4, 0.5) is 0 Å². The number of likely N-dealkylation sites (tertiary alicyclic amines) is 1. The standard InChI is InChI=1S/C18H21NO3/c1-19-8-7-18-11-4-5-13(20)17(18)22-16-14(21-2)6-3-10(15(16)18)9-12(11)19/h3-6,11-13,17,20H,7-9H2,1-2H3/t11-,12+,13?,17?,18-/m0/s1/i2D3,3D,6D,9D2,11D,17D. The van der Waals surface area contributed by atoms with Crippen molar-refractivity contribution in [1.82, 2.24) is 4.90 Å². The Morgan fingerprint density at radius 2 is 2.50 bits per heavy atom. The van der Waals surface area contributed by atoms with Crippen LogP contribution >= 0.6 is 0 Å². The molecule has 0 saturated carbocycles. The molecule has 0 amide bonds. The fourth-order valence-electron chi connectivity index (χ4n) is 4.25. The maximum Gasteiger partial charge on any atom is 0.165 e. The molecular formula is C18H21NO3. The van der Waals surface area contributed by atoms with Crippen molar-refractivity contribution in [2.45, 2.75) is 36.4 Å². The number of hydrogen-bond donors (Lipinski definition) is 1. The van der Waals surface area contributed by atoms with E-state index in [-0.39, 0.29) is 23.3 Å². The van der Waals surface area contributed by atoms with Crippen molar-refractivity contribution >= 4 is 0 Å². The van der Waals surface area contributed by atoms with Crippen LogP contribution in [0.2, 0.25) is 0 Å². The van der Waals surface area contributed by atoms with E-state index in [2.05, 4.69) is 0 Å². The largest absolute Gasteiger partial charge is 0.493 e. The highest BCUT2D eigenvalue weighted by molar-refractivity contribution is 5.62. The summed E-state index contributed by atoms with van der Waals surface area (Å²) in [5.74, 6) is -2.69. The predicted molar refractivity (Wildman–Crippen MR) is 82.5 cm³/mol. The predicted octanol–water partition coefficient (Wildman–Crippen LogP) is 1.50. The SMILES string of the molecule is [2H]c1c([2H])c2c3c(c1OC([2H])([2H])[2H])OC1([2H])C(O)C=C[C@@]4([2H])[C@H](N(C)CC[C@]314)C2([2H])[2H]. The first-order chi connectivity index (χ1) is 14.1. The number of aliphatic hydroxyl groups excluding tert-OH is 1. The molecule has 22 heavy (non-hydrogen) atoms. The summed E-state index contributed by atoms with van der Waals surface area (Å²) in [5.41, 5.74) is -1.80. The lowest BCUT2D eigenvalue weighted by atomic mass is 9.53. The molecule has 2 aliphatic heterocycles. The van der Waals surface area contributed by atoms with Crippen molar-refractivity contribution in [1.29, 1.82) is 0 Å². The van der Waals surface area contributed by atoms with E-state index in [0.717, 1.165) is 0 Å². The van der Waals surface area contributed by atoms with Crippen LogP contribution < -0.4 is 9.47 Å². The van der Waals surface area contributed by atoms with E-state index in [1.807, 2.05) is 0 Å². The van der Waals surface area contributed by atoms with Crippen LogP contribution in [0, 0.1) is 5.89 Å². The molecule has 2 heterocycles. The van der Waals surface area contributed by atoms with Gasteiger partial charge in [0.2, 0.25) is 0 Å². The summed E-state index contributed by atoms with van der Waals surface area (Å²) in [6, 6.07) is -2.36. The van der Waals surface area contributed by atoms with Gasteiger partial charge in [-0.2, -0.15) is 0 Å². The molecule has 5 rings (SSSR count). The molecular weight excluding hydrogens is 278 g/mol. The highest BCUT2D eigenvalue weighted by Gasteiger charge is 2.64. The second-order valence-electron chi connectivity index (χ2n) is 6.17. The second kappa shape index (κ2) is 4.06. The molecule has 0 aromatic heterocycles. The number of hydrogen-bond acceptors (Lipinski definition) is 4. The number of nitrogens with zero attached hydrogens (tertiary/aromatic N) is 1. The highest BCUT2D eigenvalue weighted by Crippen LogP contribution is 2.62. The Hall–Kier alpha value is -1.52. The van der Waals surface area contributed by atoms with Gasteiger partial charge in [0.25, 0.3) is 0 Å². The number of benzene rings is 1. The summed E-state index contributed by atoms with van der Waals surface area (Å²) in [5, 5.41) is 10.8. The maximum atomic E-state index is 10.8. The third-order valence-electron chi connectivity index (χ3n) is 5.22. The Morgan fingerprint density at radius 1 is 1.59 bits per heavy atom. The first kappa shape index (κ1) is 6.93. The topological polar surface area (TPSA) is 41.9 Å². The quantitative estimate of drug-likeness (QED) is 0.799. The number of rotatable bonds is 1. The maximum absolute atomic E-state index is 10.8. The zero-order valence-corrected chi connectivity index (χ0v) is 11.9. The molecule has 0 radical (unpaired) electrons. The van der Waals surface area contributed by atoms with Crippen molar-refractivity contribution in [3.8, 4) is 11.5 Å². The molecule has 1 aromatic rings. The highest BCUT2D eigenvalue weighted by atomic mass is 16.5. The van der Waals surface area contributed by atoms with Gasteiger partial charge in [0.1, 0.15) is 12.2 Å². The normalized spacial score (nSPS) is 56.5. The van der Waals surface area contributed by atoms with Gasteiger partial charge < -0.3 is 19.5 Å². The minimum Gasteiger partial charge on any atom is -0.493 e. The Labute approximate surface area is 143 Å². The van der Waals surface area contributed by atoms with Crippen LogP contribution in [-0.4, -0.2) is 48.9 Å². The van der Waals surface area contributed by atoms with Crippen LogP contribution in [0.5, 0.6) is 11.5 Å². The molecule has 1 aromatic carbocycles. The van der Waals surface area contributed by atoms with Crippen LogP contribution in [0.3, 0.4) is 0 Å². The van der Waals surface area contributed by atoms with Crippen molar-refractivity contribution in [3.63, 3.8) is 0 Å². The van der Waals surface area contributed by atoms with Gasteiger partial charge in [-0.1, -0.05) is 18.2 Å². The van der Waals surface area contributed by atoms with E-state index in [1.165, 1.54) is 12.2 Å². The van der Waals surface area contributed by atoms with Gasteiger partial charge in [-0.3, -0.25) is 0 Å². The average Bonchev–Trinajstić information content (AvgIpc) is 2.90. The molecule has 2 unspecified atom stereocenters. The minimum atomic E-state index is -2.99. The summed E-state index contributed by atoms with van der Waals surface area (Å²) >= 11 is 0. The molecule has 4 heteroatoms. The first-order valence-corrected chi connectivity index (χ1v) is 7.27. The Kier molecular flexibility index (Phi) is 1.28. The minimum absolute atomic E-state index is 0.00417. The van der Waals surface area contributed by atoms with Gasteiger partial charge in [-0.25, -0.2) is 0 Å². The van der Waals surface area contributed by atoms with E-state index >= 15 is 0 Å². The van der Waals surface area contributed by atoms with Crippen molar-refractivity contribution < 1.29 is 26.9 Å². The summed E-state index contributed by atoms with van der Waals surface area (Å²) in [7, 11) is -1.33. The monoisotopic (exact) mass is 308 g/mol. The first-order valence-electron chi connectivity index (χ1n) is 11.8. The molecule has 1 N–H and O–H groups in total. The fraction of sp³-hybridized carbons (Fsp3) is 0.556. The van der Waals surface area contributed by atoms with Crippen LogP contribution in [0.25, 0.3) is 0 Å². The van der Waals surface area contributed by atoms with Gasteiger partial charge in [0.05, 0.1) is 15.3 Å². The summed E-state index contributed by atoms with van der Waals surface area (Å²) in [4.78, 5) is 1.66. The molecule has 2 bridgehead atoms. The number of aliphatic hydroxyl groups is 1. The molecule has 5 atom stereocenters. The summed E-state index contributed by atoms with van der Waals surface area (Å²) in [6.45, 7) is 0.291. The van der Waals surface area contributed by atoms with Gasteiger partial charge in [-0.05, 0) is 38.0 Å². The zero-order chi connectivity index (χ0) is 22.9. The van der Waals surface area contributed by atoms with E-state index in [4.69, 9.17) is 20.4 Å². The Bertz CT molecular complexity index is 1040. The Morgan fingerprint density at radius 3 is 3.36 bits per heavy atom. The van der Waals surface area contributed by atoms with Crippen LogP contribution in [0.1, 0.15) is 29.9 Å². The Balaban J connectivity index is 1.97. The van der Waals surface area contributed by atoms with Crippen molar-refractivity contribution in [2.75, 3.05) is 20.6 Å². The van der Waals surface area contributed by atoms with Gasteiger partial charge in [-0.15, -0.1) is 0 Å². The third kappa shape index (κ3) is 1.28. The summed E-state index contributed by atoms with van der Waals surface area (Å²) in [6.07, 6.45) is -3.20. The molecule has 116 valence electrons. The van der Waals surface area contributed by atoms with E-state index in [9.17, 15) is 6.48 Å². The van der Waals surface area contributed by atoms with E-state index in [1.54, 1.807) is 11.9 Å². The van der Waals surface area contributed by atoms with Crippen molar-refractivity contribution in [3.05, 3.63) is 35.4 Å². The van der Waals surface area contributed by atoms with Crippen LogP contribution in [-0.2, 0) is 11.8 Å². The van der Waals surface area contributed by atoms with Gasteiger partial charge >= 0.3 is 0 Å². The van der Waals surface area contributed by atoms with Crippen LogP contribution in [0.15, 0.2) is 24.2 Å². The molecule has 4 nitrogen and oxygen atoms in total. The number of methoxy groups -OCH3 is 1. The smallest absolute Gasteiger partial charge is 0.165 e. The molecule has 4 aliphatic rings. The molecule has 2 aliphatic carbocycles. The third-order valence-corrected chi connectivity index (χ3v) is 5.22. The van der Waals surface area contributed by atoms with E-state index < -0.39 is 60.8 Å². The molecule has 1 saturated heterocycles. The summed E-state index contributed by atoms with van der Waals surface area (Å²) < 4.78 is 86.6. The van der Waals surface area contributed by atoms with Gasteiger partial charge in [0.15, 0.2) is 11.5 Å². The number of piperidine rings is 1. The lowest BCUT2D eigenvalue weighted by molar-refractivity contribution is -0.0453. The molecule has 1 fully saturated rings. The zero-order valence-electron chi connectivity index (χ0n) is 20.9. The lowest BCUT2D eigenvalue weighted by Crippen LogP contribution is -2.64. The fourth-order valence-corrected chi connectivity index (χ4v) is 4.25. The van der Waals surface area contributed by atoms with Gasteiger partial charge in [0, 0.05) is 27.0 Å². The van der Waals surface area contributed by atoms with Crippen molar-refractivity contribution in [2.24, 2.45) is 5.89 Å². The average molecular weight is 308 g/mol. The van der Waals surface area contributed by atoms with E-state index in [0.29, 0.717) is 6.54 Å². The number of likely N-dealkylation sites (N-methyl/N-ethyl adjacent to an activating group) is 1. The molecule has 1 spiro atoms. The second-order valence-corrected chi connectivity index (χ2v) is 6.17. The number of ether oxygens (including phenoxy) is 2. The lowest BCUT2D eigenvalue weighted by Gasteiger charge is -2.56.